The Balaban J connectivity index is 2.92. The first-order valence-electron chi connectivity index (χ1n) is 3.96. The van der Waals surface area contributed by atoms with Crippen LogP contribution in [0.15, 0.2) is 22.8 Å². The van der Waals surface area contributed by atoms with E-state index in [1.54, 1.807) is 23.9 Å². The molecule has 0 atom stereocenters. The van der Waals surface area contributed by atoms with Crippen molar-refractivity contribution in [1.29, 1.82) is 0 Å². The lowest BCUT2D eigenvalue weighted by molar-refractivity contribution is 0.0698. The van der Waals surface area contributed by atoms with Gasteiger partial charge in [0.1, 0.15) is 4.60 Å². The summed E-state index contributed by atoms with van der Waals surface area (Å²) in [6, 6.07) is 5.11. The number of rotatable bonds is 1. The van der Waals surface area contributed by atoms with Crippen LogP contribution in [0.5, 0.6) is 0 Å². The summed E-state index contributed by atoms with van der Waals surface area (Å²) in [5.74, 6) is -0.939. The van der Waals surface area contributed by atoms with Crippen LogP contribution >= 0.6 is 15.9 Å². The first kappa shape index (κ1) is 9.21. The first-order chi connectivity index (χ1) is 6.61. The molecular formula is C9H7BrN2O2. The van der Waals surface area contributed by atoms with Gasteiger partial charge in [0.15, 0.2) is 0 Å². The highest BCUT2D eigenvalue weighted by molar-refractivity contribution is 9.10. The lowest BCUT2D eigenvalue weighted by Gasteiger charge is -1.98. The van der Waals surface area contributed by atoms with E-state index in [1.165, 1.54) is 0 Å². The Morgan fingerprint density at radius 1 is 1.57 bits per heavy atom. The molecule has 14 heavy (non-hydrogen) atoms. The van der Waals surface area contributed by atoms with Crippen molar-refractivity contribution in [2.45, 2.75) is 0 Å². The summed E-state index contributed by atoms with van der Waals surface area (Å²) in [4.78, 5) is 10.9. The van der Waals surface area contributed by atoms with Gasteiger partial charge in [-0.05, 0) is 28.1 Å². The van der Waals surface area contributed by atoms with Crippen LogP contribution in [0, 0.1) is 0 Å². The third kappa shape index (κ3) is 1.21. The Hall–Kier alpha value is -1.36. The molecule has 0 aliphatic rings. The number of fused-ring (bicyclic) bond motifs is 1. The van der Waals surface area contributed by atoms with Gasteiger partial charge in [0.25, 0.3) is 0 Å². The van der Waals surface area contributed by atoms with Gasteiger partial charge in [0, 0.05) is 12.4 Å². The number of halogens is 1. The molecule has 2 aromatic rings. The van der Waals surface area contributed by atoms with Crippen molar-refractivity contribution in [2.24, 2.45) is 7.05 Å². The molecule has 1 heterocycles. The smallest absolute Gasteiger partial charge is 0.337 e. The van der Waals surface area contributed by atoms with Gasteiger partial charge in [0.05, 0.1) is 11.1 Å². The topological polar surface area (TPSA) is 55.1 Å². The van der Waals surface area contributed by atoms with E-state index in [9.17, 15) is 4.79 Å². The number of para-hydroxylation sites is 1. The molecule has 1 aromatic carbocycles. The average Bonchev–Trinajstić information content (AvgIpc) is 2.43. The van der Waals surface area contributed by atoms with E-state index >= 15 is 0 Å². The van der Waals surface area contributed by atoms with E-state index in [2.05, 4.69) is 21.0 Å². The van der Waals surface area contributed by atoms with Gasteiger partial charge in [-0.1, -0.05) is 6.07 Å². The highest BCUT2D eigenvalue weighted by Crippen LogP contribution is 2.25. The zero-order valence-electron chi connectivity index (χ0n) is 7.36. The molecule has 0 amide bonds. The van der Waals surface area contributed by atoms with E-state index in [1.807, 2.05) is 6.07 Å². The van der Waals surface area contributed by atoms with Crippen LogP contribution in [0.2, 0.25) is 0 Å². The number of carboxylic acid groups (broad SMARTS) is 1. The zero-order valence-corrected chi connectivity index (χ0v) is 8.95. The minimum atomic E-state index is -0.939. The predicted molar refractivity (Wildman–Crippen MR) is 55.4 cm³/mol. The monoisotopic (exact) mass is 254 g/mol. The second-order valence-corrected chi connectivity index (χ2v) is 3.67. The molecule has 72 valence electrons. The number of carboxylic acids is 1. The lowest BCUT2D eigenvalue weighted by Crippen LogP contribution is -2.00. The lowest BCUT2D eigenvalue weighted by atomic mass is 10.1. The van der Waals surface area contributed by atoms with E-state index in [4.69, 9.17) is 5.11 Å². The van der Waals surface area contributed by atoms with Crippen LogP contribution in [0.25, 0.3) is 10.9 Å². The molecule has 0 spiro atoms. The Morgan fingerprint density at radius 2 is 2.29 bits per heavy atom. The second kappa shape index (κ2) is 3.09. The molecule has 0 bridgehead atoms. The maximum atomic E-state index is 10.9. The van der Waals surface area contributed by atoms with Gasteiger partial charge in [-0.15, -0.1) is 0 Å². The number of carbonyl (C=O) groups is 1. The molecule has 0 aliphatic heterocycles. The molecule has 0 radical (unpaired) electrons. The summed E-state index contributed by atoms with van der Waals surface area (Å²) in [6.07, 6.45) is 0. The van der Waals surface area contributed by atoms with E-state index in [0.717, 1.165) is 5.39 Å². The van der Waals surface area contributed by atoms with Gasteiger partial charge in [-0.25, -0.2) is 4.79 Å². The van der Waals surface area contributed by atoms with Crippen LogP contribution in [-0.4, -0.2) is 20.9 Å². The van der Waals surface area contributed by atoms with E-state index in [-0.39, 0.29) is 5.56 Å². The number of hydrogen-bond acceptors (Lipinski definition) is 2. The Bertz CT molecular complexity index is 519. The summed E-state index contributed by atoms with van der Waals surface area (Å²) in [5, 5.41) is 13.9. The van der Waals surface area contributed by atoms with Crippen LogP contribution < -0.4 is 0 Å². The van der Waals surface area contributed by atoms with Gasteiger partial charge < -0.3 is 5.11 Å². The second-order valence-electron chi connectivity index (χ2n) is 2.92. The number of benzene rings is 1. The Morgan fingerprint density at radius 3 is 2.93 bits per heavy atom. The van der Waals surface area contributed by atoms with Crippen molar-refractivity contribution in [2.75, 3.05) is 0 Å². The third-order valence-electron chi connectivity index (χ3n) is 2.05. The molecule has 0 unspecified atom stereocenters. The maximum absolute atomic E-state index is 10.9. The largest absolute Gasteiger partial charge is 0.478 e. The van der Waals surface area contributed by atoms with Crippen molar-refractivity contribution in [3.05, 3.63) is 28.4 Å². The number of aromatic carboxylic acids is 1. The van der Waals surface area contributed by atoms with E-state index in [0.29, 0.717) is 10.1 Å². The van der Waals surface area contributed by atoms with Crippen molar-refractivity contribution in [3.63, 3.8) is 0 Å². The maximum Gasteiger partial charge on any atom is 0.337 e. The van der Waals surface area contributed by atoms with Crippen molar-refractivity contribution in [1.82, 2.24) is 9.78 Å². The predicted octanol–water partition coefficient (Wildman–Crippen LogP) is 2.03. The molecule has 0 saturated heterocycles. The fourth-order valence-electron chi connectivity index (χ4n) is 1.47. The summed E-state index contributed by atoms with van der Waals surface area (Å²) in [7, 11) is 1.72. The molecule has 5 heteroatoms. The first-order valence-corrected chi connectivity index (χ1v) is 4.75. The molecule has 4 nitrogen and oxygen atoms in total. The van der Waals surface area contributed by atoms with Crippen LogP contribution in [-0.2, 0) is 7.05 Å². The SMILES string of the molecule is Cn1nc(Br)c2cccc(C(=O)O)c21. The van der Waals surface area contributed by atoms with Gasteiger partial charge >= 0.3 is 5.97 Å². The number of hydrogen-bond donors (Lipinski definition) is 1. The summed E-state index contributed by atoms with van der Waals surface area (Å²) < 4.78 is 2.22. The number of aromatic nitrogens is 2. The van der Waals surface area contributed by atoms with Crippen molar-refractivity contribution >= 4 is 32.8 Å². The summed E-state index contributed by atoms with van der Waals surface area (Å²) in [5.41, 5.74) is 0.898. The van der Waals surface area contributed by atoms with Crippen LogP contribution in [0.4, 0.5) is 0 Å². The minimum Gasteiger partial charge on any atom is -0.478 e. The van der Waals surface area contributed by atoms with E-state index < -0.39 is 5.97 Å². The van der Waals surface area contributed by atoms with Crippen LogP contribution in [0.3, 0.4) is 0 Å². The highest BCUT2D eigenvalue weighted by Gasteiger charge is 2.14. The zero-order chi connectivity index (χ0) is 10.3. The minimum absolute atomic E-state index is 0.267. The Kier molecular flexibility index (Phi) is 2.03. The summed E-state index contributed by atoms with van der Waals surface area (Å²) in [6.45, 7) is 0. The fourth-order valence-corrected chi connectivity index (χ4v) is 2.02. The average molecular weight is 255 g/mol. The van der Waals surface area contributed by atoms with Crippen LogP contribution in [0.1, 0.15) is 10.4 Å². The highest BCUT2D eigenvalue weighted by atomic mass is 79.9. The number of aryl methyl sites for hydroxylation is 1. The molecular weight excluding hydrogens is 248 g/mol. The number of nitrogens with zero attached hydrogens (tertiary/aromatic N) is 2. The summed E-state index contributed by atoms with van der Waals surface area (Å²) >= 11 is 3.28. The van der Waals surface area contributed by atoms with Crippen molar-refractivity contribution in [3.8, 4) is 0 Å². The fraction of sp³-hybridized carbons (Fsp3) is 0.111. The standard InChI is InChI=1S/C9H7BrN2O2/c1-12-7-5(8(10)11-12)3-2-4-6(7)9(13)14/h2-4H,1H3,(H,13,14). The normalized spacial score (nSPS) is 10.7. The molecule has 1 N–H and O–H groups in total. The quantitative estimate of drug-likeness (QED) is 0.848. The molecule has 0 aliphatic carbocycles. The molecule has 1 aromatic heterocycles. The molecule has 0 saturated carbocycles. The van der Waals surface area contributed by atoms with Gasteiger partial charge in [-0.3, -0.25) is 4.68 Å². The third-order valence-corrected chi connectivity index (χ3v) is 2.64. The van der Waals surface area contributed by atoms with Gasteiger partial charge in [0.2, 0.25) is 0 Å². The molecule has 0 fully saturated rings. The van der Waals surface area contributed by atoms with Crippen molar-refractivity contribution < 1.29 is 9.90 Å². The molecule has 2 rings (SSSR count). The Labute approximate surface area is 88.3 Å². The van der Waals surface area contributed by atoms with Gasteiger partial charge in [-0.2, -0.15) is 5.10 Å².